The van der Waals surface area contributed by atoms with Gasteiger partial charge in [0.2, 0.25) is 5.95 Å². The molecule has 3 heterocycles. The molecule has 1 aliphatic heterocycles. The number of carbonyl (C=O) groups excluding carboxylic acids is 1. The van der Waals surface area contributed by atoms with Crippen LogP contribution in [0.15, 0.2) is 47.0 Å². The third-order valence-electron chi connectivity index (χ3n) is 4.19. The van der Waals surface area contributed by atoms with E-state index in [0.717, 1.165) is 10.4 Å². The number of hydrogen-bond acceptors (Lipinski definition) is 5. The van der Waals surface area contributed by atoms with E-state index in [1.807, 2.05) is 29.0 Å². The normalized spacial score (nSPS) is 16.7. The zero-order chi connectivity index (χ0) is 17.6. The van der Waals surface area contributed by atoms with Crippen molar-refractivity contribution in [3.8, 4) is 0 Å². The maximum absolute atomic E-state index is 13.6. The molecule has 1 unspecified atom stereocenters. The molecule has 0 fully saturated rings. The van der Waals surface area contributed by atoms with E-state index in [2.05, 4.69) is 10.3 Å². The van der Waals surface area contributed by atoms with Crippen molar-refractivity contribution in [3.05, 3.63) is 57.7 Å². The van der Waals surface area contributed by atoms with Gasteiger partial charge in [0.1, 0.15) is 11.9 Å². The number of nitrogens with one attached hydrogen (secondary N) is 1. The number of halogens is 1. The summed E-state index contributed by atoms with van der Waals surface area (Å²) in [4.78, 5) is 18.1. The lowest BCUT2D eigenvalue weighted by molar-refractivity contribution is -0.139. The topological polar surface area (TPSA) is 56.1 Å². The van der Waals surface area contributed by atoms with Gasteiger partial charge in [-0.3, -0.25) is 4.57 Å². The van der Waals surface area contributed by atoms with Crippen LogP contribution in [0.3, 0.4) is 0 Å². The molecule has 25 heavy (non-hydrogen) atoms. The standard InChI is InChI=1S/C18H16FN3O2S/c1-3-24-17(23)15-10(2)20-18-21-12-9-11(19)6-7-13(12)22(18)16(15)14-5-4-8-25-14/h4-9,16H,3H2,1-2H3,(H,20,21). The molecule has 0 saturated heterocycles. The summed E-state index contributed by atoms with van der Waals surface area (Å²) in [5.74, 6) is -0.115. The molecule has 7 heteroatoms. The average Bonchev–Trinajstić information content (AvgIpc) is 3.20. The number of imidazole rings is 1. The summed E-state index contributed by atoms with van der Waals surface area (Å²) in [6.07, 6.45) is 0. The monoisotopic (exact) mass is 357 g/mol. The fourth-order valence-corrected chi connectivity index (χ4v) is 4.00. The summed E-state index contributed by atoms with van der Waals surface area (Å²) < 4.78 is 20.8. The van der Waals surface area contributed by atoms with Gasteiger partial charge >= 0.3 is 5.97 Å². The lowest BCUT2D eigenvalue weighted by Gasteiger charge is -2.29. The predicted octanol–water partition coefficient (Wildman–Crippen LogP) is 4.09. The van der Waals surface area contributed by atoms with Crippen molar-refractivity contribution in [3.63, 3.8) is 0 Å². The lowest BCUT2D eigenvalue weighted by Crippen LogP contribution is -2.28. The number of esters is 1. The largest absolute Gasteiger partial charge is 0.463 e. The number of nitrogens with zero attached hydrogens (tertiary/aromatic N) is 2. The molecule has 0 bridgehead atoms. The van der Waals surface area contributed by atoms with Crippen LogP contribution in [0.2, 0.25) is 0 Å². The van der Waals surface area contributed by atoms with E-state index in [1.165, 1.54) is 12.1 Å². The molecule has 5 nitrogen and oxygen atoms in total. The second kappa shape index (κ2) is 6.00. The maximum atomic E-state index is 13.6. The van der Waals surface area contributed by atoms with E-state index < -0.39 is 0 Å². The van der Waals surface area contributed by atoms with Crippen LogP contribution >= 0.6 is 11.3 Å². The van der Waals surface area contributed by atoms with E-state index in [-0.39, 0.29) is 17.8 Å². The number of aromatic nitrogens is 2. The molecule has 3 aromatic rings. The summed E-state index contributed by atoms with van der Waals surface area (Å²) in [6, 6.07) is 8.05. The Bertz CT molecular complexity index is 991. The van der Waals surface area contributed by atoms with Crippen LogP contribution in [-0.4, -0.2) is 22.1 Å². The summed E-state index contributed by atoms with van der Waals surface area (Å²) in [5, 5.41) is 5.13. The molecule has 1 aliphatic rings. The Morgan fingerprint density at radius 2 is 2.28 bits per heavy atom. The Kier molecular flexibility index (Phi) is 3.80. The number of thiophene rings is 1. The molecule has 1 N–H and O–H groups in total. The number of ether oxygens (including phenoxy) is 1. The van der Waals surface area contributed by atoms with Gasteiger partial charge in [0.05, 0.1) is 23.2 Å². The minimum Gasteiger partial charge on any atom is -0.463 e. The van der Waals surface area contributed by atoms with Crippen molar-refractivity contribution in [1.82, 2.24) is 9.55 Å². The first-order valence-corrected chi connectivity index (χ1v) is 8.84. The highest BCUT2D eigenvalue weighted by molar-refractivity contribution is 7.10. The van der Waals surface area contributed by atoms with Gasteiger partial charge in [-0.15, -0.1) is 11.3 Å². The van der Waals surface area contributed by atoms with E-state index in [4.69, 9.17) is 4.74 Å². The Hall–Kier alpha value is -2.67. The minimum atomic E-state index is -0.361. The predicted molar refractivity (Wildman–Crippen MR) is 95.1 cm³/mol. The van der Waals surface area contributed by atoms with Crippen LogP contribution in [0.5, 0.6) is 0 Å². The number of allylic oxidation sites excluding steroid dienone is 1. The molecular formula is C18H16FN3O2S. The van der Waals surface area contributed by atoms with E-state index in [0.29, 0.717) is 29.3 Å². The average molecular weight is 357 g/mol. The number of rotatable bonds is 3. The molecule has 0 spiro atoms. The fraction of sp³-hybridized carbons (Fsp3) is 0.222. The van der Waals surface area contributed by atoms with E-state index in [1.54, 1.807) is 24.3 Å². The van der Waals surface area contributed by atoms with Crippen molar-refractivity contribution >= 4 is 34.3 Å². The Morgan fingerprint density at radius 1 is 1.44 bits per heavy atom. The second-order valence-electron chi connectivity index (χ2n) is 5.74. The van der Waals surface area contributed by atoms with E-state index in [9.17, 15) is 9.18 Å². The molecule has 4 rings (SSSR count). The smallest absolute Gasteiger partial charge is 0.338 e. The zero-order valence-electron chi connectivity index (χ0n) is 13.7. The molecule has 128 valence electrons. The van der Waals surface area contributed by atoms with Gasteiger partial charge in [-0.2, -0.15) is 0 Å². The second-order valence-corrected chi connectivity index (χ2v) is 6.72. The van der Waals surface area contributed by atoms with Crippen molar-refractivity contribution in [2.75, 3.05) is 11.9 Å². The third kappa shape index (κ3) is 2.51. The first-order valence-electron chi connectivity index (χ1n) is 7.96. The van der Waals surface area contributed by atoms with Crippen LogP contribution in [0, 0.1) is 5.82 Å². The summed E-state index contributed by atoms with van der Waals surface area (Å²) in [5.41, 5.74) is 2.54. The minimum absolute atomic E-state index is 0.301. The van der Waals surface area contributed by atoms with Gasteiger partial charge in [0.25, 0.3) is 0 Å². The van der Waals surface area contributed by atoms with Crippen LogP contribution in [0.4, 0.5) is 10.3 Å². The van der Waals surface area contributed by atoms with E-state index >= 15 is 0 Å². The first-order chi connectivity index (χ1) is 12.1. The third-order valence-corrected chi connectivity index (χ3v) is 5.12. The number of benzene rings is 1. The zero-order valence-corrected chi connectivity index (χ0v) is 14.6. The molecule has 0 aliphatic carbocycles. The Balaban J connectivity index is 1.97. The fourth-order valence-electron chi connectivity index (χ4n) is 3.18. The molecular weight excluding hydrogens is 341 g/mol. The van der Waals surface area contributed by atoms with Gasteiger partial charge in [-0.1, -0.05) is 6.07 Å². The highest BCUT2D eigenvalue weighted by atomic mass is 32.1. The number of anilines is 1. The van der Waals surface area contributed by atoms with Gasteiger partial charge in [-0.25, -0.2) is 14.2 Å². The highest BCUT2D eigenvalue weighted by Gasteiger charge is 2.35. The van der Waals surface area contributed by atoms with Gasteiger partial charge in [0.15, 0.2) is 0 Å². The molecule has 0 radical (unpaired) electrons. The number of carbonyl (C=O) groups is 1. The van der Waals surface area contributed by atoms with Crippen molar-refractivity contribution in [2.24, 2.45) is 0 Å². The molecule has 1 atom stereocenters. The maximum Gasteiger partial charge on any atom is 0.338 e. The molecule has 1 aromatic carbocycles. The lowest BCUT2D eigenvalue weighted by atomic mass is 10.0. The van der Waals surface area contributed by atoms with Crippen molar-refractivity contribution in [1.29, 1.82) is 0 Å². The number of fused-ring (bicyclic) bond motifs is 3. The summed E-state index contributed by atoms with van der Waals surface area (Å²) in [7, 11) is 0. The summed E-state index contributed by atoms with van der Waals surface area (Å²) >= 11 is 1.56. The quantitative estimate of drug-likeness (QED) is 0.718. The first kappa shape index (κ1) is 15.8. The van der Waals surface area contributed by atoms with Crippen molar-refractivity contribution < 1.29 is 13.9 Å². The highest BCUT2D eigenvalue weighted by Crippen LogP contribution is 2.41. The summed E-state index contributed by atoms with van der Waals surface area (Å²) in [6.45, 7) is 3.91. The molecule has 2 aromatic heterocycles. The molecule has 0 amide bonds. The van der Waals surface area contributed by atoms with Crippen LogP contribution in [-0.2, 0) is 9.53 Å². The van der Waals surface area contributed by atoms with Crippen molar-refractivity contribution in [2.45, 2.75) is 19.9 Å². The van der Waals surface area contributed by atoms with Gasteiger partial charge in [0, 0.05) is 16.6 Å². The SMILES string of the molecule is CCOC(=O)C1=C(C)Nc2nc3cc(F)ccc3n2C1c1cccs1. The Labute approximate surface area is 147 Å². The van der Waals surface area contributed by atoms with Crippen LogP contribution in [0.25, 0.3) is 11.0 Å². The van der Waals surface area contributed by atoms with Gasteiger partial charge < -0.3 is 10.1 Å². The van der Waals surface area contributed by atoms with Crippen LogP contribution < -0.4 is 5.32 Å². The van der Waals surface area contributed by atoms with Crippen LogP contribution in [0.1, 0.15) is 24.8 Å². The Morgan fingerprint density at radius 3 is 3.00 bits per heavy atom. The number of hydrogen-bond donors (Lipinski definition) is 1. The van der Waals surface area contributed by atoms with Gasteiger partial charge in [-0.05, 0) is 37.4 Å². The molecule has 0 saturated carbocycles.